The fourth-order valence-electron chi connectivity index (χ4n) is 4.57. The van der Waals surface area contributed by atoms with Crippen molar-refractivity contribution in [3.63, 3.8) is 0 Å². The van der Waals surface area contributed by atoms with Gasteiger partial charge >= 0.3 is 12.2 Å². The number of carbonyl (C=O) groups is 4. The number of carbonyl (C=O) groups excluding carboxylic acids is 4. The van der Waals surface area contributed by atoms with Crippen LogP contribution in [0.1, 0.15) is 30.9 Å². The van der Waals surface area contributed by atoms with Gasteiger partial charge in [0, 0.05) is 13.5 Å². The summed E-state index contributed by atoms with van der Waals surface area (Å²) in [5.74, 6) is -2.44. The summed E-state index contributed by atoms with van der Waals surface area (Å²) in [5, 5.41) is 3.86. The SMILES string of the molecule is CC(=O)N1C(=O)[C@H](CCCNC(=NC(=O)OCc2ccccc2)NC(=O)OCc2ccccc2)[C@H]1S(=O)(=O)c1ccccc1. The van der Waals surface area contributed by atoms with E-state index in [2.05, 4.69) is 15.6 Å². The van der Waals surface area contributed by atoms with Gasteiger partial charge in [-0.3, -0.25) is 19.8 Å². The van der Waals surface area contributed by atoms with Crippen LogP contribution in [-0.4, -0.2) is 55.2 Å². The lowest BCUT2D eigenvalue weighted by atomic mass is 9.93. The van der Waals surface area contributed by atoms with Crippen LogP contribution in [0.4, 0.5) is 9.59 Å². The summed E-state index contributed by atoms with van der Waals surface area (Å²) in [6.45, 7) is 1.17. The number of amides is 4. The van der Waals surface area contributed by atoms with Crippen molar-refractivity contribution < 1.29 is 37.1 Å². The number of guanidine groups is 1. The highest BCUT2D eigenvalue weighted by molar-refractivity contribution is 7.92. The zero-order valence-electron chi connectivity index (χ0n) is 23.9. The van der Waals surface area contributed by atoms with Gasteiger partial charge in [-0.1, -0.05) is 78.9 Å². The average molecular weight is 621 g/mol. The van der Waals surface area contributed by atoms with Gasteiger partial charge in [-0.05, 0) is 36.1 Å². The van der Waals surface area contributed by atoms with E-state index in [1.165, 1.54) is 12.1 Å². The summed E-state index contributed by atoms with van der Waals surface area (Å²) in [6.07, 6.45) is -1.51. The highest BCUT2D eigenvalue weighted by Gasteiger charge is 2.56. The molecule has 1 saturated heterocycles. The van der Waals surface area contributed by atoms with Crippen LogP contribution in [0.5, 0.6) is 0 Å². The molecule has 3 aromatic carbocycles. The molecular formula is C31H32N4O8S. The Morgan fingerprint density at radius 2 is 1.39 bits per heavy atom. The molecule has 0 saturated carbocycles. The molecule has 0 spiro atoms. The standard InChI is InChI=1S/C31H32N4O8S/c1-22(36)35-27(37)26(28(35)44(40,41)25-16-9-4-10-17-25)18-11-19-32-29(33-30(38)42-20-23-12-5-2-6-13-23)34-31(39)43-21-24-14-7-3-8-15-24/h2-10,12-17,26,28H,11,18-21H2,1H3,(H2,32,33,34,38,39)/t26-,28+/m0/s1. The number of benzene rings is 3. The van der Waals surface area contributed by atoms with Crippen molar-refractivity contribution in [2.45, 2.75) is 43.2 Å². The van der Waals surface area contributed by atoms with Crippen LogP contribution in [0, 0.1) is 5.92 Å². The van der Waals surface area contributed by atoms with E-state index in [9.17, 15) is 27.6 Å². The number of alkyl carbamates (subject to hydrolysis) is 1. The quantitative estimate of drug-likeness (QED) is 0.149. The van der Waals surface area contributed by atoms with Gasteiger partial charge in [0.25, 0.3) is 0 Å². The first-order chi connectivity index (χ1) is 21.2. The number of nitrogens with zero attached hydrogens (tertiary/aromatic N) is 2. The maximum absolute atomic E-state index is 13.3. The maximum Gasteiger partial charge on any atom is 0.437 e. The van der Waals surface area contributed by atoms with Crippen LogP contribution in [-0.2, 0) is 42.1 Å². The normalized spacial score (nSPS) is 16.4. The van der Waals surface area contributed by atoms with E-state index in [4.69, 9.17) is 9.47 Å². The van der Waals surface area contributed by atoms with Crippen molar-refractivity contribution in [2.75, 3.05) is 6.54 Å². The number of β-lactam (4-membered cyclic amide) rings is 1. The van der Waals surface area contributed by atoms with E-state index in [0.29, 0.717) is 0 Å². The van der Waals surface area contributed by atoms with Crippen LogP contribution in [0.2, 0.25) is 0 Å². The van der Waals surface area contributed by atoms with E-state index < -0.39 is 45.1 Å². The molecule has 12 nitrogen and oxygen atoms in total. The minimum atomic E-state index is -4.02. The Bertz CT molecular complexity index is 1600. The van der Waals surface area contributed by atoms with Crippen LogP contribution < -0.4 is 10.6 Å². The number of likely N-dealkylation sites (tertiary alicyclic amines) is 1. The van der Waals surface area contributed by atoms with E-state index in [0.717, 1.165) is 23.0 Å². The second-order valence-corrected chi connectivity index (χ2v) is 11.9. The third-order valence-corrected chi connectivity index (χ3v) is 8.81. The lowest BCUT2D eigenvalue weighted by Crippen LogP contribution is -2.65. The van der Waals surface area contributed by atoms with Crippen molar-refractivity contribution in [2.24, 2.45) is 10.9 Å². The number of aliphatic imine (C=N–C) groups is 1. The molecule has 1 heterocycles. The second kappa shape index (κ2) is 14.9. The molecule has 13 heteroatoms. The number of sulfone groups is 1. The largest absolute Gasteiger partial charge is 0.444 e. The number of hydrogen-bond acceptors (Lipinski definition) is 8. The summed E-state index contributed by atoms with van der Waals surface area (Å²) in [7, 11) is -4.02. The Hall–Kier alpha value is -5.04. The van der Waals surface area contributed by atoms with Gasteiger partial charge in [0.05, 0.1) is 10.8 Å². The van der Waals surface area contributed by atoms with Crippen molar-refractivity contribution in [1.82, 2.24) is 15.5 Å². The molecule has 3 aromatic rings. The van der Waals surface area contributed by atoms with Gasteiger partial charge in [0.1, 0.15) is 13.2 Å². The first-order valence-electron chi connectivity index (χ1n) is 13.8. The molecule has 4 amide bonds. The number of nitrogens with one attached hydrogen (secondary N) is 2. The molecule has 2 atom stereocenters. The number of rotatable bonds is 10. The Morgan fingerprint density at radius 1 is 0.841 bits per heavy atom. The monoisotopic (exact) mass is 620 g/mol. The molecule has 4 rings (SSSR count). The topological polar surface area (TPSA) is 161 Å². The predicted octanol–water partition coefficient (Wildman–Crippen LogP) is 3.78. The summed E-state index contributed by atoms with van der Waals surface area (Å²) in [4.78, 5) is 54.3. The highest BCUT2D eigenvalue weighted by Crippen LogP contribution is 2.37. The molecular weight excluding hydrogens is 588 g/mol. The number of ether oxygens (including phenoxy) is 2. The molecule has 1 fully saturated rings. The lowest BCUT2D eigenvalue weighted by molar-refractivity contribution is -0.160. The third-order valence-electron chi connectivity index (χ3n) is 6.71. The first kappa shape index (κ1) is 31.9. The fraction of sp³-hybridized carbons (Fsp3) is 0.258. The minimum Gasteiger partial charge on any atom is -0.444 e. The van der Waals surface area contributed by atoms with Crippen LogP contribution in [0.3, 0.4) is 0 Å². The minimum absolute atomic E-state index is 0.00789. The van der Waals surface area contributed by atoms with Gasteiger partial charge in [0.2, 0.25) is 27.6 Å². The molecule has 2 N–H and O–H groups in total. The number of imide groups is 1. The highest BCUT2D eigenvalue weighted by atomic mass is 32.2. The second-order valence-electron chi connectivity index (χ2n) is 9.84. The van der Waals surface area contributed by atoms with Gasteiger partial charge in [0.15, 0.2) is 5.37 Å². The number of hydrogen-bond donors (Lipinski definition) is 2. The molecule has 0 aromatic heterocycles. The Morgan fingerprint density at radius 3 is 1.95 bits per heavy atom. The summed E-state index contributed by atoms with van der Waals surface area (Å²) in [5.41, 5.74) is 1.49. The molecule has 0 unspecified atom stereocenters. The summed E-state index contributed by atoms with van der Waals surface area (Å²) >= 11 is 0. The Balaban J connectivity index is 1.38. The van der Waals surface area contributed by atoms with Gasteiger partial charge in [-0.25, -0.2) is 18.0 Å². The van der Waals surface area contributed by atoms with Crippen LogP contribution >= 0.6 is 0 Å². The molecule has 0 radical (unpaired) electrons. The zero-order valence-corrected chi connectivity index (χ0v) is 24.7. The molecule has 0 aliphatic carbocycles. The third kappa shape index (κ3) is 8.28. The summed E-state index contributed by atoms with van der Waals surface area (Å²) < 4.78 is 37.0. The summed E-state index contributed by atoms with van der Waals surface area (Å²) in [6, 6.07) is 25.6. The van der Waals surface area contributed by atoms with E-state index in [-0.39, 0.29) is 43.5 Å². The predicted molar refractivity (Wildman–Crippen MR) is 159 cm³/mol. The van der Waals surface area contributed by atoms with Crippen LogP contribution in [0.25, 0.3) is 0 Å². The average Bonchev–Trinajstić information content (AvgIpc) is 3.02. The zero-order chi connectivity index (χ0) is 31.5. The van der Waals surface area contributed by atoms with Crippen molar-refractivity contribution in [3.8, 4) is 0 Å². The van der Waals surface area contributed by atoms with Crippen LogP contribution in [0.15, 0.2) is 101 Å². The molecule has 44 heavy (non-hydrogen) atoms. The smallest absolute Gasteiger partial charge is 0.437 e. The van der Waals surface area contributed by atoms with Gasteiger partial charge in [-0.2, -0.15) is 0 Å². The molecule has 0 bridgehead atoms. The van der Waals surface area contributed by atoms with E-state index >= 15 is 0 Å². The Kier molecular flexibility index (Phi) is 10.8. The van der Waals surface area contributed by atoms with Gasteiger partial charge in [-0.15, -0.1) is 4.99 Å². The first-order valence-corrected chi connectivity index (χ1v) is 15.3. The molecule has 230 valence electrons. The Labute approximate surface area is 255 Å². The van der Waals surface area contributed by atoms with Gasteiger partial charge < -0.3 is 14.8 Å². The molecule has 1 aliphatic heterocycles. The lowest BCUT2D eigenvalue weighted by Gasteiger charge is -2.44. The van der Waals surface area contributed by atoms with Crippen molar-refractivity contribution in [3.05, 3.63) is 102 Å². The van der Waals surface area contributed by atoms with Crippen molar-refractivity contribution in [1.29, 1.82) is 0 Å². The molecule has 1 aliphatic rings. The van der Waals surface area contributed by atoms with E-state index in [1.54, 1.807) is 66.7 Å². The van der Waals surface area contributed by atoms with Crippen molar-refractivity contribution >= 4 is 39.8 Å². The maximum atomic E-state index is 13.3. The van der Waals surface area contributed by atoms with E-state index in [1.807, 2.05) is 12.1 Å². The fourth-order valence-corrected chi connectivity index (χ4v) is 6.60.